The molecule has 1 amide bonds. The lowest BCUT2D eigenvalue weighted by atomic mass is 9.90. The number of nitrogens with two attached hydrogens (primary N) is 1. The average Bonchev–Trinajstić information content (AvgIpc) is 3.14. The molecule has 1 atom stereocenters. The summed E-state index contributed by atoms with van der Waals surface area (Å²) >= 11 is 0. The molecule has 0 saturated carbocycles. The lowest BCUT2D eigenvalue weighted by molar-refractivity contribution is 0.0618. The van der Waals surface area contributed by atoms with Crippen molar-refractivity contribution in [2.45, 2.75) is 39.9 Å². The molecule has 6 heteroatoms. The largest absolute Gasteiger partial charge is 0.451 e. The van der Waals surface area contributed by atoms with Crippen molar-refractivity contribution in [2.75, 3.05) is 19.6 Å². The Morgan fingerprint density at radius 1 is 1.40 bits per heavy atom. The molecule has 1 aliphatic rings. The summed E-state index contributed by atoms with van der Waals surface area (Å²) in [7, 11) is 0. The molecule has 1 fully saturated rings. The zero-order chi connectivity index (χ0) is 17.3. The van der Waals surface area contributed by atoms with E-state index >= 15 is 0 Å². The first kappa shape index (κ1) is 19.8. The summed E-state index contributed by atoms with van der Waals surface area (Å²) in [5.74, 6) is 0.337. The summed E-state index contributed by atoms with van der Waals surface area (Å²) in [4.78, 5) is 14.9. The van der Waals surface area contributed by atoms with Crippen molar-refractivity contribution in [3.05, 3.63) is 35.6 Å². The van der Waals surface area contributed by atoms with Gasteiger partial charge >= 0.3 is 0 Å². The molecule has 3 rings (SSSR count). The molecule has 25 heavy (non-hydrogen) atoms. The maximum Gasteiger partial charge on any atom is 0.290 e. The van der Waals surface area contributed by atoms with Crippen LogP contribution in [0.2, 0.25) is 0 Å². The van der Waals surface area contributed by atoms with Gasteiger partial charge in [0.05, 0.1) is 12.7 Å². The number of halogens is 1. The number of benzene rings is 1. The van der Waals surface area contributed by atoms with E-state index in [-0.39, 0.29) is 29.8 Å². The molecule has 2 heterocycles. The molecule has 5 nitrogen and oxygen atoms in total. The van der Waals surface area contributed by atoms with Crippen LogP contribution in [-0.4, -0.2) is 36.5 Å². The fraction of sp³-hybridized carbons (Fsp3) is 0.526. The maximum atomic E-state index is 13.0. The van der Waals surface area contributed by atoms with Crippen molar-refractivity contribution in [2.24, 2.45) is 11.1 Å². The first-order chi connectivity index (χ1) is 11.4. The molecule has 1 unspecified atom stereocenters. The number of amides is 1. The standard InChI is InChI=1S/C19H26N2O3.ClH/c1-13(2)23-10-15-14-6-4-5-7-16(14)24-17(15)18(22)21-9-8-19(3,11-20)12-21;/h4-7,13H,8-12,20H2,1-3H3;1H. The van der Waals surface area contributed by atoms with Crippen LogP contribution in [0.25, 0.3) is 11.0 Å². The number of fused-ring (bicyclic) bond motifs is 1. The molecular formula is C19H27ClN2O3. The lowest BCUT2D eigenvalue weighted by Crippen LogP contribution is -2.34. The highest BCUT2D eigenvalue weighted by atomic mass is 35.5. The zero-order valence-corrected chi connectivity index (χ0v) is 15.9. The van der Waals surface area contributed by atoms with Gasteiger partial charge in [0.1, 0.15) is 5.58 Å². The summed E-state index contributed by atoms with van der Waals surface area (Å²) < 4.78 is 11.7. The number of ether oxygens (including phenoxy) is 1. The Bertz CT molecular complexity index is 743. The van der Waals surface area contributed by atoms with Crippen molar-refractivity contribution >= 4 is 29.3 Å². The van der Waals surface area contributed by atoms with Crippen molar-refractivity contribution in [1.29, 1.82) is 0 Å². The third-order valence-electron chi connectivity index (χ3n) is 4.79. The molecule has 0 radical (unpaired) electrons. The third kappa shape index (κ3) is 4.00. The van der Waals surface area contributed by atoms with Crippen LogP contribution < -0.4 is 5.73 Å². The van der Waals surface area contributed by atoms with Gasteiger partial charge in [-0.3, -0.25) is 4.79 Å². The highest BCUT2D eigenvalue weighted by Crippen LogP contribution is 2.33. The van der Waals surface area contributed by atoms with Crippen LogP contribution >= 0.6 is 12.4 Å². The van der Waals surface area contributed by atoms with E-state index in [0.29, 0.717) is 32.0 Å². The van der Waals surface area contributed by atoms with Crippen LogP contribution in [0.3, 0.4) is 0 Å². The Labute approximate surface area is 154 Å². The van der Waals surface area contributed by atoms with Crippen LogP contribution in [0.5, 0.6) is 0 Å². The second-order valence-corrected chi connectivity index (χ2v) is 7.26. The first-order valence-corrected chi connectivity index (χ1v) is 8.55. The van der Waals surface area contributed by atoms with Crippen molar-refractivity contribution in [1.82, 2.24) is 4.90 Å². The van der Waals surface area contributed by atoms with Gasteiger partial charge in [-0.1, -0.05) is 25.1 Å². The monoisotopic (exact) mass is 366 g/mol. The van der Waals surface area contributed by atoms with E-state index in [9.17, 15) is 4.79 Å². The fourth-order valence-corrected chi connectivity index (χ4v) is 3.17. The molecule has 1 aromatic heterocycles. The highest BCUT2D eigenvalue weighted by molar-refractivity contribution is 5.99. The van der Waals surface area contributed by atoms with Crippen molar-refractivity contribution in [3.8, 4) is 0 Å². The third-order valence-corrected chi connectivity index (χ3v) is 4.79. The van der Waals surface area contributed by atoms with Gasteiger partial charge in [0.25, 0.3) is 5.91 Å². The van der Waals surface area contributed by atoms with Crippen molar-refractivity contribution < 1.29 is 13.9 Å². The highest BCUT2D eigenvalue weighted by Gasteiger charge is 2.37. The predicted octanol–water partition coefficient (Wildman–Crippen LogP) is 3.59. The molecule has 1 aromatic carbocycles. The minimum absolute atomic E-state index is 0. The topological polar surface area (TPSA) is 68.7 Å². The Morgan fingerprint density at radius 2 is 2.12 bits per heavy atom. The van der Waals surface area contributed by atoms with Gasteiger partial charge in [-0.15, -0.1) is 12.4 Å². The number of hydrogen-bond acceptors (Lipinski definition) is 4. The summed E-state index contributed by atoms with van der Waals surface area (Å²) in [6.45, 7) is 8.44. The molecular weight excluding hydrogens is 340 g/mol. The van der Waals surface area contributed by atoms with Gasteiger partial charge in [-0.2, -0.15) is 0 Å². The number of likely N-dealkylation sites (tertiary alicyclic amines) is 1. The van der Waals surface area contributed by atoms with Crippen LogP contribution in [0.1, 0.15) is 43.3 Å². The molecule has 138 valence electrons. The minimum atomic E-state index is -0.0641. The van der Waals surface area contributed by atoms with Crippen LogP contribution in [-0.2, 0) is 11.3 Å². The SMILES string of the molecule is CC(C)OCc1c(C(=O)N2CCC(C)(CN)C2)oc2ccccc12.Cl. The number of rotatable bonds is 5. The molecule has 2 aromatic rings. The summed E-state index contributed by atoms with van der Waals surface area (Å²) in [5.41, 5.74) is 7.42. The van der Waals surface area contributed by atoms with Gasteiger partial charge in [-0.05, 0) is 38.3 Å². The molecule has 0 aliphatic carbocycles. The molecule has 1 aliphatic heterocycles. The normalized spacial score (nSPS) is 20.3. The van der Waals surface area contributed by atoms with E-state index in [1.807, 2.05) is 43.0 Å². The molecule has 0 bridgehead atoms. The van der Waals surface area contributed by atoms with Crippen LogP contribution in [0, 0.1) is 5.41 Å². The Kier molecular flexibility index (Phi) is 6.14. The zero-order valence-electron chi connectivity index (χ0n) is 15.1. The van der Waals surface area contributed by atoms with Gasteiger partial charge in [0.2, 0.25) is 0 Å². The van der Waals surface area contributed by atoms with Crippen LogP contribution in [0.4, 0.5) is 0 Å². The number of furan rings is 1. The quantitative estimate of drug-likeness (QED) is 0.877. The van der Waals surface area contributed by atoms with E-state index in [1.54, 1.807) is 0 Å². The van der Waals surface area contributed by atoms with Gasteiger partial charge in [-0.25, -0.2) is 0 Å². The Hall–Kier alpha value is -1.56. The number of para-hydroxylation sites is 1. The van der Waals surface area contributed by atoms with E-state index in [4.69, 9.17) is 14.9 Å². The minimum Gasteiger partial charge on any atom is -0.451 e. The van der Waals surface area contributed by atoms with Crippen LogP contribution in [0.15, 0.2) is 28.7 Å². The predicted molar refractivity (Wildman–Crippen MR) is 101 cm³/mol. The number of carbonyl (C=O) groups excluding carboxylic acids is 1. The lowest BCUT2D eigenvalue weighted by Gasteiger charge is -2.22. The number of nitrogens with zero attached hydrogens (tertiary/aromatic N) is 1. The number of hydrogen-bond donors (Lipinski definition) is 1. The molecule has 0 spiro atoms. The smallest absolute Gasteiger partial charge is 0.290 e. The molecule has 1 saturated heterocycles. The van der Waals surface area contributed by atoms with E-state index in [2.05, 4.69) is 6.92 Å². The summed E-state index contributed by atoms with van der Waals surface area (Å²) in [6.07, 6.45) is 1.02. The summed E-state index contributed by atoms with van der Waals surface area (Å²) in [5, 5.41) is 0.947. The van der Waals surface area contributed by atoms with E-state index in [0.717, 1.165) is 23.0 Å². The Balaban J connectivity index is 0.00000225. The average molecular weight is 367 g/mol. The van der Waals surface area contributed by atoms with E-state index in [1.165, 1.54) is 0 Å². The fourth-order valence-electron chi connectivity index (χ4n) is 3.17. The second-order valence-electron chi connectivity index (χ2n) is 7.26. The van der Waals surface area contributed by atoms with Gasteiger partial charge in [0, 0.05) is 24.0 Å². The second kappa shape index (κ2) is 7.77. The summed E-state index contributed by atoms with van der Waals surface area (Å²) in [6, 6.07) is 7.72. The number of carbonyl (C=O) groups is 1. The molecule has 2 N–H and O–H groups in total. The van der Waals surface area contributed by atoms with Gasteiger partial charge in [0.15, 0.2) is 5.76 Å². The first-order valence-electron chi connectivity index (χ1n) is 8.55. The maximum absolute atomic E-state index is 13.0. The van der Waals surface area contributed by atoms with E-state index < -0.39 is 0 Å². The van der Waals surface area contributed by atoms with Gasteiger partial charge < -0.3 is 19.8 Å². The van der Waals surface area contributed by atoms with Crippen molar-refractivity contribution in [3.63, 3.8) is 0 Å². The Morgan fingerprint density at radius 3 is 2.76 bits per heavy atom.